The number of alkyl halides is 2. The van der Waals surface area contributed by atoms with Gasteiger partial charge >= 0.3 is 6.61 Å². The Kier molecular flexibility index (Phi) is 3.66. The third-order valence-electron chi connectivity index (χ3n) is 3.01. The van der Waals surface area contributed by atoms with Crippen LogP contribution < -0.4 is 15.8 Å². The van der Waals surface area contributed by atoms with Crippen LogP contribution in [0.2, 0.25) is 0 Å². The zero-order valence-electron chi connectivity index (χ0n) is 9.86. The monoisotopic (exact) mass is 286 g/mol. The van der Waals surface area contributed by atoms with Crippen LogP contribution in [-0.2, 0) is 4.79 Å². The molecule has 1 aromatic rings. The maximum atomic E-state index is 12.2. The van der Waals surface area contributed by atoms with E-state index in [-0.39, 0.29) is 22.3 Å². The molecule has 0 unspecified atom stereocenters. The number of rotatable bonds is 5. The molecule has 1 aliphatic rings. The second kappa shape index (κ2) is 5.08. The molecule has 0 bridgehead atoms. The van der Waals surface area contributed by atoms with Gasteiger partial charge in [-0.2, -0.15) is 8.78 Å². The summed E-state index contributed by atoms with van der Waals surface area (Å²) in [6.45, 7) is -2.96. The summed E-state index contributed by atoms with van der Waals surface area (Å²) in [5.74, 6) is -0.477. The van der Waals surface area contributed by atoms with Gasteiger partial charge in [-0.05, 0) is 25.0 Å². The smallest absolute Gasteiger partial charge is 0.387 e. The van der Waals surface area contributed by atoms with E-state index in [9.17, 15) is 13.6 Å². The molecule has 7 heteroatoms. The van der Waals surface area contributed by atoms with Crippen molar-refractivity contribution in [2.24, 2.45) is 11.1 Å². The largest absolute Gasteiger partial charge is 0.433 e. The maximum Gasteiger partial charge on any atom is 0.387 e. The fourth-order valence-electron chi connectivity index (χ4n) is 1.72. The Balaban J connectivity index is 2.15. The Morgan fingerprint density at radius 3 is 2.58 bits per heavy atom. The van der Waals surface area contributed by atoms with Crippen LogP contribution in [0.15, 0.2) is 24.3 Å². The molecular weight excluding hydrogens is 274 g/mol. The SMILES string of the molecule is NC(=S)C1(C(=O)Nc2ccccc2OC(F)F)CC1. The number of carbonyl (C=O) groups is 1. The lowest BCUT2D eigenvalue weighted by atomic mass is 10.1. The molecule has 0 atom stereocenters. The number of halogens is 2. The minimum atomic E-state index is -2.96. The second-order valence-electron chi connectivity index (χ2n) is 4.28. The first-order valence-corrected chi connectivity index (χ1v) is 6.02. The molecule has 102 valence electrons. The van der Waals surface area contributed by atoms with Crippen molar-refractivity contribution in [3.05, 3.63) is 24.3 Å². The zero-order chi connectivity index (χ0) is 14.0. The maximum absolute atomic E-state index is 12.2. The number of ether oxygens (including phenoxy) is 1. The van der Waals surface area contributed by atoms with Gasteiger partial charge in [0.05, 0.1) is 16.1 Å². The molecule has 1 aromatic carbocycles. The highest BCUT2D eigenvalue weighted by molar-refractivity contribution is 7.80. The highest BCUT2D eigenvalue weighted by Gasteiger charge is 2.52. The number of hydrogen-bond acceptors (Lipinski definition) is 3. The molecule has 2 rings (SSSR count). The summed E-state index contributed by atoms with van der Waals surface area (Å²) in [6, 6.07) is 5.97. The van der Waals surface area contributed by atoms with Crippen molar-refractivity contribution >= 4 is 28.8 Å². The van der Waals surface area contributed by atoms with E-state index in [2.05, 4.69) is 10.1 Å². The number of thiocarbonyl (C=S) groups is 1. The van der Waals surface area contributed by atoms with Crippen LogP contribution in [0.4, 0.5) is 14.5 Å². The van der Waals surface area contributed by atoms with Gasteiger partial charge in [-0.1, -0.05) is 24.4 Å². The molecule has 1 fully saturated rings. The fourth-order valence-corrected chi connectivity index (χ4v) is 2.02. The van der Waals surface area contributed by atoms with E-state index in [4.69, 9.17) is 18.0 Å². The number of para-hydroxylation sites is 2. The number of nitrogens with two attached hydrogens (primary N) is 1. The van der Waals surface area contributed by atoms with Crippen molar-refractivity contribution in [3.63, 3.8) is 0 Å². The Morgan fingerprint density at radius 2 is 2.05 bits per heavy atom. The Hall–Kier alpha value is -1.76. The van der Waals surface area contributed by atoms with Gasteiger partial charge in [0, 0.05) is 0 Å². The van der Waals surface area contributed by atoms with E-state index in [1.165, 1.54) is 18.2 Å². The number of hydrogen-bond donors (Lipinski definition) is 2. The van der Waals surface area contributed by atoms with E-state index in [1.807, 2.05) is 0 Å². The lowest BCUT2D eigenvalue weighted by molar-refractivity contribution is -0.119. The molecule has 3 N–H and O–H groups in total. The first-order valence-electron chi connectivity index (χ1n) is 5.61. The van der Waals surface area contributed by atoms with Crippen LogP contribution in [0.25, 0.3) is 0 Å². The number of benzene rings is 1. The molecule has 19 heavy (non-hydrogen) atoms. The van der Waals surface area contributed by atoms with Gasteiger partial charge < -0.3 is 15.8 Å². The minimum absolute atomic E-state index is 0.0930. The van der Waals surface area contributed by atoms with Crippen molar-refractivity contribution in [3.8, 4) is 5.75 Å². The number of nitrogens with one attached hydrogen (secondary N) is 1. The van der Waals surface area contributed by atoms with Gasteiger partial charge in [0.2, 0.25) is 5.91 Å². The first kappa shape index (κ1) is 13.7. The predicted molar refractivity (Wildman–Crippen MR) is 70.2 cm³/mol. The molecule has 1 saturated carbocycles. The average molecular weight is 286 g/mol. The molecule has 0 spiro atoms. The highest BCUT2D eigenvalue weighted by atomic mass is 32.1. The summed E-state index contributed by atoms with van der Waals surface area (Å²) >= 11 is 4.86. The van der Waals surface area contributed by atoms with Crippen LogP contribution in [-0.4, -0.2) is 17.5 Å². The van der Waals surface area contributed by atoms with Crippen molar-refractivity contribution < 1.29 is 18.3 Å². The first-order chi connectivity index (χ1) is 8.95. The fraction of sp³-hybridized carbons (Fsp3) is 0.333. The molecule has 0 saturated heterocycles. The number of carbonyl (C=O) groups excluding carboxylic acids is 1. The van der Waals surface area contributed by atoms with E-state index in [0.717, 1.165) is 0 Å². The predicted octanol–water partition coefficient (Wildman–Crippen LogP) is 2.29. The lowest BCUT2D eigenvalue weighted by Gasteiger charge is -2.16. The highest BCUT2D eigenvalue weighted by Crippen LogP contribution is 2.47. The van der Waals surface area contributed by atoms with E-state index < -0.39 is 12.0 Å². The summed E-state index contributed by atoms with van der Waals surface area (Å²) in [6.07, 6.45) is 1.15. The van der Waals surface area contributed by atoms with Crippen LogP contribution in [0.3, 0.4) is 0 Å². The van der Waals surface area contributed by atoms with Crippen molar-refractivity contribution in [1.82, 2.24) is 0 Å². The Labute approximate surface area is 113 Å². The van der Waals surface area contributed by atoms with Gasteiger partial charge in [0.1, 0.15) is 5.75 Å². The Morgan fingerprint density at radius 1 is 1.42 bits per heavy atom. The lowest BCUT2D eigenvalue weighted by Crippen LogP contribution is -2.35. The standard InChI is InChI=1S/C12H12F2N2O2S/c13-11(14)18-8-4-2-1-3-7(8)16-10(17)12(5-6-12)9(15)19/h1-4,11H,5-6H2,(H2,15,19)(H,16,17). The van der Waals surface area contributed by atoms with E-state index >= 15 is 0 Å². The van der Waals surface area contributed by atoms with E-state index in [0.29, 0.717) is 12.8 Å². The van der Waals surface area contributed by atoms with Crippen molar-refractivity contribution in [1.29, 1.82) is 0 Å². The molecule has 0 aliphatic heterocycles. The van der Waals surface area contributed by atoms with Gasteiger partial charge in [-0.3, -0.25) is 4.79 Å². The summed E-state index contributed by atoms with van der Waals surface area (Å²) in [5, 5.41) is 2.54. The molecule has 1 amide bonds. The molecule has 0 radical (unpaired) electrons. The van der Waals surface area contributed by atoms with Crippen LogP contribution in [0, 0.1) is 5.41 Å². The number of amides is 1. The average Bonchev–Trinajstić information content (AvgIpc) is 3.12. The van der Waals surface area contributed by atoms with Crippen LogP contribution in [0.5, 0.6) is 5.75 Å². The summed E-state index contributed by atoms with van der Waals surface area (Å²) in [5.41, 5.74) is 4.86. The topological polar surface area (TPSA) is 64.4 Å². The molecule has 4 nitrogen and oxygen atoms in total. The van der Waals surface area contributed by atoms with Gasteiger partial charge in [0.25, 0.3) is 0 Å². The summed E-state index contributed by atoms with van der Waals surface area (Å²) in [7, 11) is 0. The minimum Gasteiger partial charge on any atom is -0.433 e. The molecule has 1 aliphatic carbocycles. The van der Waals surface area contributed by atoms with Crippen LogP contribution in [0.1, 0.15) is 12.8 Å². The molecular formula is C12H12F2N2O2S. The normalized spacial score (nSPS) is 15.9. The van der Waals surface area contributed by atoms with Crippen molar-refractivity contribution in [2.45, 2.75) is 19.5 Å². The second-order valence-corrected chi connectivity index (χ2v) is 4.71. The molecule has 0 heterocycles. The van der Waals surface area contributed by atoms with E-state index in [1.54, 1.807) is 6.07 Å². The van der Waals surface area contributed by atoms with Crippen molar-refractivity contribution in [2.75, 3.05) is 5.32 Å². The van der Waals surface area contributed by atoms with Gasteiger partial charge in [-0.15, -0.1) is 0 Å². The summed E-state index contributed by atoms with van der Waals surface area (Å²) in [4.78, 5) is 12.2. The Bertz CT molecular complexity index is 518. The quantitative estimate of drug-likeness (QED) is 0.815. The molecule has 0 aromatic heterocycles. The third-order valence-corrected chi connectivity index (χ3v) is 3.40. The van der Waals surface area contributed by atoms with Gasteiger partial charge in [0.15, 0.2) is 0 Å². The number of anilines is 1. The zero-order valence-corrected chi connectivity index (χ0v) is 10.7. The van der Waals surface area contributed by atoms with Gasteiger partial charge in [-0.25, -0.2) is 0 Å². The third kappa shape index (κ3) is 2.81. The summed E-state index contributed by atoms with van der Waals surface area (Å²) < 4.78 is 28.8. The van der Waals surface area contributed by atoms with Crippen LogP contribution >= 0.6 is 12.2 Å².